The summed E-state index contributed by atoms with van der Waals surface area (Å²) in [5, 5.41) is 8.95. The predicted molar refractivity (Wildman–Crippen MR) is 58.6 cm³/mol. The van der Waals surface area contributed by atoms with Crippen molar-refractivity contribution in [3.05, 3.63) is 0 Å². The van der Waals surface area contributed by atoms with Crippen LogP contribution in [0, 0.1) is 11.3 Å². The van der Waals surface area contributed by atoms with Crippen LogP contribution < -0.4 is 0 Å². The Kier molecular flexibility index (Phi) is 8.08. The molecule has 0 saturated heterocycles. The van der Waals surface area contributed by atoms with E-state index in [1.165, 1.54) is 0 Å². The normalized spacial score (nSPS) is 14.8. The fourth-order valence-electron chi connectivity index (χ4n) is 1.04. The summed E-state index contributed by atoms with van der Waals surface area (Å²) < 4.78 is 0. The van der Waals surface area contributed by atoms with Gasteiger partial charge in [-0.05, 0) is 32.1 Å². The van der Waals surface area contributed by atoms with Crippen molar-refractivity contribution in [2.45, 2.75) is 47.0 Å². The van der Waals surface area contributed by atoms with Crippen molar-refractivity contribution in [3.8, 4) is 0 Å². The molecule has 1 atom stereocenters. The molecule has 2 nitrogen and oxygen atoms in total. The molecule has 0 bridgehead atoms. The van der Waals surface area contributed by atoms with Crippen LogP contribution in [0.1, 0.15) is 47.0 Å². The van der Waals surface area contributed by atoms with Crippen molar-refractivity contribution in [2.24, 2.45) is 11.3 Å². The summed E-state index contributed by atoms with van der Waals surface area (Å²) in [6.07, 6.45) is 2.50. The molecule has 0 aliphatic heterocycles. The number of rotatable bonds is 5. The molecule has 0 spiro atoms. The first-order chi connectivity index (χ1) is 5.42. The van der Waals surface area contributed by atoms with Crippen molar-refractivity contribution >= 4 is 29.9 Å². The van der Waals surface area contributed by atoms with Crippen LogP contribution in [0.2, 0.25) is 0 Å². The van der Waals surface area contributed by atoms with Crippen molar-refractivity contribution in [1.29, 1.82) is 0 Å². The van der Waals surface area contributed by atoms with Gasteiger partial charge in [-0.3, -0.25) is 4.79 Å². The maximum absolute atomic E-state index is 10.9. The van der Waals surface area contributed by atoms with Gasteiger partial charge in [-0.15, -0.1) is 0 Å². The third-order valence-corrected chi connectivity index (χ3v) is 2.57. The Balaban J connectivity index is 0. The zero-order chi connectivity index (χ0) is 9.78. The number of hydrogen-bond donors (Lipinski definition) is 1. The second-order valence-electron chi connectivity index (χ2n) is 4.15. The molecule has 78 valence electrons. The zero-order valence-corrected chi connectivity index (χ0v) is 13.3. The van der Waals surface area contributed by atoms with Gasteiger partial charge >= 0.3 is 29.9 Å². The molecule has 0 aliphatic carbocycles. The van der Waals surface area contributed by atoms with Crippen LogP contribution >= 0.6 is 0 Å². The van der Waals surface area contributed by atoms with E-state index in [4.69, 9.17) is 5.11 Å². The minimum absolute atomic E-state index is 0. The van der Waals surface area contributed by atoms with Crippen molar-refractivity contribution in [3.63, 3.8) is 0 Å². The first kappa shape index (κ1) is 15.7. The average molecular weight is 293 g/mol. The molecule has 2 radical (unpaired) electrons. The summed E-state index contributed by atoms with van der Waals surface area (Å²) in [6.45, 7) is 8.02. The fraction of sp³-hybridized carbons (Fsp3) is 0.900. The molecule has 0 aromatic rings. The minimum atomic E-state index is -0.661. The standard InChI is InChI=1S/C10H20O2.Sn.2H/c1-5-10(4,9(11)12)7-6-8(2)3;;;/h8H,5-7H2,1-4H3,(H,11,12);;;. The van der Waals surface area contributed by atoms with Gasteiger partial charge < -0.3 is 5.11 Å². The summed E-state index contributed by atoms with van der Waals surface area (Å²) in [5.74, 6) is -0.0686. The Bertz CT molecular complexity index is 157. The van der Waals surface area contributed by atoms with E-state index in [1.54, 1.807) is 0 Å². The summed E-state index contributed by atoms with van der Waals surface area (Å²) in [7, 11) is 0. The Morgan fingerprint density at radius 2 is 1.92 bits per heavy atom. The van der Waals surface area contributed by atoms with Crippen LogP contribution in [0.3, 0.4) is 0 Å². The third-order valence-electron chi connectivity index (χ3n) is 2.57. The van der Waals surface area contributed by atoms with Gasteiger partial charge in [-0.25, -0.2) is 0 Å². The number of carbonyl (C=O) groups is 1. The second kappa shape index (κ2) is 6.68. The van der Waals surface area contributed by atoms with E-state index in [-0.39, 0.29) is 23.9 Å². The quantitative estimate of drug-likeness (QED) is 0.787. The molecule has 1 N–H and O–H groups in total. The average Bonchev–Trinajstić information content (AvgIpc) is 1.99. The molecule has 0 rings (SSSR count). The second-order valence-corrected chi connectivity index (χ2v) is 4.15. The number of aliphatic carboxylic acids is 1. The summed E-state index contributed by atoms with van der Waals surface area (Å²) >= 11 is 0. The van der Waals surface area contributed by atoms with Crippen LogP contribution in [0.25, 0.3) is 0 Å². The molecule has 0 heterocycles. The van der Waals surface area contributed by atoms with Gasteiger partial charge in [-0.1, -0.05) is 20.8 Å². The van der Waals surface area contributed by atoms with Gasteiger partial charge in [0.15, 0.2) is 0 Å². The molecular formula is C10H22O2Sn. The van der Waals surface area contributed by atoms with Crippen LogP contribution in [-0.2, 0) is 4.79 Å². The molecule has 0 aliphatic rings. The molecule has 0 saturated carbocycles. The van der Waals surface area contributed by atoms with Crippen LogP contribution in [0.15, 0.2) is 0 Å². The number of hydrogen-bond acceptors (Lipinski definition) is 1. The molecule has 0 aromatic carbocycles. The van der Waals surface area contributed by atoms with Crippen LogP contribution in [0.5, 0.6) is 0 Å². The summed E-state index contributed by atoms with van der Waals surface area (Å²) in [4.78, 5) is 10.9. The molecule has 3 heteroatoms. The van der Waals surface area contributed by atoms with E-state index in [0.717, 1.165) is 19.3 Å². The first-order valence-electron chi connectivity index (χ1n) is 4.65. The van der Waals surface area contributed by atoms with E-state index >= 15 is 0 Å². The van der Waals surface area contributed by atoms with Crippen molar-refractivity contribution < 1.29 is 9.90 Å². The summed E-state index contributed by atoms with van der Waals surface area (Å²) in [6, 6.07) is 0. The Labute approximate surface area is 98.1 Å². The van der Waals surface area contributed by atoms with Crippen molar-refractivity contribution in [2.75, 3.05) is 0 Å². The van der Waals surface area contributed by atoms with Gasteiger partial charge in [0.2, 0.25) is 0 Å². The summed E-state index contributed by atoms with van der Waals surface area (Å²) in [5.41, 5.74) is -0.510. The molecule has 13 heavy (non-hydrogen) atoms. The molecule has 0 amide bonds. The fourth-order valence-corrected chi connectivity index (χ4v) is 1.04. The topological polar surface area (TPSA) is 37.3 Å². The Hall–Kier alpha value is 0.269. The van der Waals surface area contributed by atoms with E-state index in [1.807, 2.05) is 13.8 Å². The zero-order valence-electron chi connectivity index (χ0n) is 9.26. The Morgan fingerprint density at radius 1 is 1.46 bits per heavy atom. The molecule has 0 aromatic heterocycles. The predicted octanol–water partition coefficient (Wildman–Crippen LogP) is 2.01. The van der Waals surface area contributed by atoms with Crippen LogP contribution in [0.4, 0.5) is 0 Å². The van der Waals surface area contributed by atoms with Gasteiger partial charge in [0.05, 0.1) is 5.41 Å². The first-order valence-corrected chi connectivity index (χ1v) is 4.65. The third kappa shape index (κ3) is 5.55. The van der Waals surface area contributed by atoms with E-state index in [2.05, 4.69) is 13.8 Å². The number of carboxylic acid groups (broad SMARTS) is 1. The van der Waals surface area contributed by atoms with E-state index in [9.17, 15) is 4.79 Å². The SMILES string of the molecule is CCC(C)(CCC(C)C)C(=O)O.[SnH2]. The maximum atomic E-state index is 10.9. The van der Waals surface area contributed by atoms with Crippen molar-refractivity contribution in [1.82, 2.24) is 0 Å². The van der Waals surface area contributed by atoms with Crippen LogP contribution in [-0.4, -0.2) is 35.0 Å². The van der Waals surface area contributed by atoms with E-state index in [0.29, 0.717) is 5.92 Å². The van der Waals surface area contributed by atoms with Gasteiger partial charge in [-0.2, -0.15) is 0 Å². The molecule has 1 unspecified atom stereocenters. The Morgan fingerprint density at radius 3 is 2.15 bits per heavy atom. The van der Waals surface area contributed by atoms with Gasteiger partial charge in [0, 0.05) is 0 Å². The van der Waals surface area contributed by atoms with Gasteiger partial charge in [0.25, 0.3) is 0 Å². The van der Waals surface area contributed by atoms with E-state index < -0.39 is 11.4 Å². The number of carboxylic acids is 1. The monoisotopic (exact) mass is 294 g/mol. The van der Waals surface area contributed by atoms with Gasteiger partial charge in [0.1, 0.15) is 0 Å². The molecule has 0 fully saturated rings. The molecular weight excluding hydrogens is 271 g/mol.